The summed E-state index contributed by atoms with van der Waals surface area (Å²) in [5.41, 5.74) is 1.25. The summed E-state index contributed by atoms with van der Waals surface area (Å²) >= 11 is 3.77. The number of hydrogen-bond acceptors (Lipinski definition) is 3. The molecule has 0 radical (unpaired) electrons. The molecule has 3 rings (SSSR count). The summed E-state index contributed by atoms with van der Waals surface area (Å²) in [7, 11) is 0. The van der Waals surface area contributed by atoms with E-state index in [4.69, 9.17) is 14.2 Å². The number of benzene rings is 1. The van der Waals surface area contributed by atoms with Gasteiger partial charge in [-0.05, 0) is 43.4 Å². The lowest BCUT2D eigenvalue weighted by Gasteiger charge is -2.20. The number of halogens is 1. The van der Waals surface area contributed by atoms with Crippen LogP contribution in [0.4, 0.5) is 0 Å². The fraction of sp³-hybridized carbons (Fsp3) is 0.600. The maximum absolute atomic E-state index is 5.66. The first-order valence-corrected chi connectivity index (χ1v) is 7.90. The molecule has 0 aromatic heterocycles. The lowest BCUT2D eigenvalue weighted by atomic mass is 10.0. The predicted octanol–water partition coefficient (Wildman–Crippen LogP) is 3.85. The second-order valence-electron chi connectivity index (χ2n) is 5.08. The lowest BCUT2D eigenvalue weighted by Crippen LogP contribution is -2.15. The van der Waals surface area contributed by atoms with Crippen LogP contribution >= 0.6 is 15.9 Å². The maximum atomic E-state index is 5.66. The van der Waals surface area contributed by atoms with Gasteiger partial charge in [-0.25, -0.2) is 0 Å². The largest absolute Gasteiger partial charge is 0.486 e. The number of fused-ring (bicyclic) bond motifs is 1. The lowest BCUT2D eigenvalue weighted by molar-refractivity contribution is 0.102. The van der Waals surface area contributed by atoms with Gasteiger partial charge in [0.25, 0.3) is 0 Å². The summed E-state index contributed by atoms with van der Waals surface area (Å²) in [5, 5.41) is 0. The molecular formula is C15H19BrO3. The molecule has 0 saturated carbocycles. The van der Waals surface area contributed by atoms with Crippen molar-refractivity contribution in [3.05, 3.63) is 23.8 Å². The Kier molecular flexibility index (Phi) is 4.28. The van der Waals surface area contributed by atoms with Crippen LogP contribution in [0.5, 0.6) is 11.5 Å². The van der Waals surface area contributed by atoms with Crippen molar-refractivity contribution in [1.82, 2.24) is 0 Å². The topological polar surface area (TPSA) is 27.7 Å². The highest BCUT2D eigenvalue weighted by Crippen LogP contribution is 2.37. The summed E-state index contributed by atoms with van der Waals surface area (Å²) in [5.74, 6) is 1.72. The quantitative estimate of drug-likeness (QED) is 0.786. The van der Waals surface area contributed by atoms with E-state index >= 15 is 0 Å². The van der Waals surface area contributed by atoms with Gasteiger partial charge in [0.1, 0.15) is 13.2 Å². The average Bonchev–Trinajstić information content (AvgIpc) is 2.97. The van der Waals surface area contributed by atoms with Crippen molar-refractivity contribution in [2.45, 2.75) is 36.6 Å². The van der Waals surface area contributed by atoms with Gasteiger partial charge in [0.05, 0.1) is 6.10 Å². The molecule has 1 aromatic carbocycles. The highest BCUT2D eigenvalue weighted by molar-refractivity contribution is 9.09. The number of alkyl halides is 1. The van der Waals surface area contributed by atoms with Crippen molar-refractivity contribution < 1.29 is 14.2 Å². The summed E-state index contributed by atoms with van der Waals surface area (Å²) < 4.78 is 16.8. The molecule has 1 fully saturated rings. The Hall–Kier alpha value is -0.740. The number of hydrogen-bond donors (Lipinski definition) is 0. The zero-order valence-corrected chi connectivity index (χ0v) is 12.5. The minimum absolute atomic E-state index is 0.354. The first-order valence-electron chi connectivity index (χ1n) is 6.98. The minimum Gasteiger partial charge on any atom is -0.486 e. The SMILES string of the molecule is BrC(CCC1CCCO1)c1ccc2c(c1)OCCO2. The van der Waals surface area contributed by atoms with Crippen molar-refractivity contribution >= 4 is 15.9 Å². The molecule has 0 aliphatic carbocycles. The Morgan fingerprint density at radius 2 is 2.00 bits per heavy atom. The normalized spacial score (nSPS) is 23.3. The fourth-order valence-electron chi connectivity index (χ4n) is 2.63. The van der Waals surface area contributed by atoms with Gasteiger partial charge in [-0.1, -0.05) is 22.0 Å². The van der Waals surface area contributed by atoms with Gasteiger partial charge in [0.2, 0.25) is 0 Å². The third-order valence-corrected chi connectivity index (χ3v) is 4.68. The van der Waals surface area contributed by atoms with Crippen LogP contribution in [-0.4, -0.2) is 25.9 Å². The zero-order valence-electron chi connectivity index (χ0n) is 10.9. The van der Waals surface area contributed by atoms with Crippen LogP contribution in [0.3, 0.4) is 0 Å². The second kappa shape index (κ2) is 6.14. The molecule has 0 amide bonds. The van der Waals surface area contributed by atoms with Crippen molar-refractivity contribution in [3.63, 3.8) is 0 Å². The van der Waals surface area contributed by atoms with Crippen LogP contribution in [0.15, 0.2) is 18.2 Å². The van der Waals surface area contributed by atoms with Crippen LogP contribution in [0.2, 0.25) is 0 Å². The van der Waals surface area contributed by atoms with E-state index in [1.165, 1.54) is 18.4 Å². The smallest absolute Gasteiger partial charge is 0.161 e. The van der Waals surface area contributed by atoms with Crippen molar-refractivity contribution in [2.24, 2.45) is 0 Å². The Morgan fingerprint density at radius 3 is 2.79 bits per heavy atom. The van der Waals surface area contributed by atoms with Crippen LogP contribution in [0.1, 0.15) is 36.1 Å². The van der Waals surface area contributed by atoms with E-state index in [1.54, 1.807) is 0 Å². The van der Waals surface area contributed by atoms with Crippen LogP contribution in [0, 0.1) is 0 Å². The van der Waals surface area contributed by atoms with Gasteiger partial charge in [-0.3, -0.25) is 0 Å². The first-order chi connectivity index (χ1) is 9.33. The molecule has 0 spiro atoms. The van der Waals surface area contributed by atoms with Gasteiger partial charge < -0.3 is 14.2 Å². The molecular weight excluding hydrogens is 308 g/mol. The van der Waals surface area contributed by atoms with Crippen molar-refractivity contribution in [3.8, 4) is 11.5 Å². The standard InChI is InChI=1S/C15H19BrO3/c16-13(5-4-12-2-1-7-17-12)11-3-6-14-15(10-11)19-9-8-18-14/h3,6,10,12-13H,1-2,4-5,7-9H2. The van der Waals surface area contributed by atoms with Crippen LogP contribution < -0.4 is 9.47 Å². The molecule has 4 heteroatoms. The van der Waals surface area contributed by atoms with Gasteiger partial charge in [0, 0.05) is 11.4 Å². The van der Waals surface area contributed by atoms with Gasteiger partial charge in [-0.15, -0.1) is 0 Å². The highest BCUT2D eigenvalue weighted by Gasteiger charge is 2.19. The molecule has 2 aliphatic heterocycles. The number of rotatable bonds is 4. The fourth-order valence-corrected chi connectivity index (χ4v) is 3.17. The Labute approximate surface area is 122 Å². The van der Waals surface area contributed by atoms with Gasteiger partial charge >= 0.3 is 0 Å². The Balaban J connectivity index is 1.60. The molecule has 19 heavy (non-hydrogen) atoms. The molecule has 0 N–H and O–H groups in total. The molecule has 1 aromatic rings. The average molecular weight is 327 g/mol. The van der Waals surface area contributed by atoms with E-state index in [0.717, 1.165) is 30.9 Å². The molecule has 2 atom stereocenters. The van der Waals surface area contributed by atoms with Crippen LogP contribution in [0.25, 0.3) is 0 Å². The van der Waals surface area contributed by atoms with Crippen LogP contribution in [-0.2, 0) is 4.74 Å². The predicted molar refractivity (Wildman–Crippen MR) is 77.3 cm³/mol. The minimum atomic E-state index is 0.354. The van der Waals surface area contributed by atoms with E-state index < -0.39 is 0 Å². The Morgan fingerprint density at radius 1 is 1.16 bits per heavy atom. The van der Waals surface area contributed by atoms with E-state index in [-0.39, 0.29) is 0 Å². The van der Waals surface area contributed by atoms with Gasteiger partial charge in [0.15, 0.2) is 11.5 Å². The Bertz CT molecular complexity index is 429. The van der Waals surface area contributed by atoms with E-state index in [9.17, 15) is 0 Å². The van der Waals surface area contributed by atoms with Gasteiger partial charge in [-0.2, -0.15) is 0 Å². The molecule has 2 aliphatic rings. The maximum Gasteiger partial charge on any atom is 0.161 e. The molecule has 2 heterocycles. The van der Waals surface area contributed by atoms with E-state index in [2.05, 4.69) is 28.1 Å². The second-order valence-corrected chi connectivity index (χ2v) is 6.19. The number of ether oxygens (including phenoxy) is 3. The highest BCUT2D eigenvalue weighted by atomic mass is 79.9. The van der Waals surface area contributed by atoms with E-state index in [0.29, 0.717) is 24.1 Å². The molecule has 1 saturated heterocycles. The molecule has 2 unspecified atom stereocenters. The molecule has 3 nitrogen and oxygen atoms in total. The first kappa shape index (κ1) is 13.3. The summed E-state index contributed by atoms with van der Waals surface area (Å²) in [4.78, 5) is 0.354. The third kappa shape index (κ3) is 3.23. The van der Waals surface area contributed by atoms with Crippen molar-refractivity contribution in [1.29, 1.82) is 0 Å². The summed E-state index contributed by atoms with van der Waals surface area (Å²) in [6, 6.07) is 6.20. The van der Waals surface area contributed by atoms with Crippen molar-refractivity contribution in [2.75, 3.05) is 19.8 Å². The third-order valence-electron chi connectivity index (χ3n) is 3.69. The summed E-state index contributed by atoms with van der Waals surface area (Å²) in [6.07, 6.45) is 5.08. The summed E-state index contributed by atoms with van der Waals surface area (Å²) in [6.45, 7) is 2.21. The molecule has 0 bridgehead atoms. The zero-order chi connectivity index (χ0) is 13.1. The monoisotopic (exact) mass is 326 g/mol. The van der Waals surface area contributed by atoms with E-state index in [1.807, 2.05) is 6.07 Å². The molecule has 104 valence electrons.